The summed E-state index contributed by atoms with van der Waals surface area (Å²) in [7, 11) is 1.64. The van der Waals surface area contributed by atoms with Gasteiger partial charge in [0.25, 0.3) is 0 Å². The van der Waals surface area contributed by atoms with Gasteiger partial charge in [-0.05, 0) is 51.0 Å². The zero-order valence-electron chi connectivity index (χ0n) is 16.2. The third-order valence-corrected chi connectivity index (χ3v) is 5.65. The molecule has 0 saturated heterocycles. The van der Waals surface area contributed by atoms with Crippen molar-refractivity contribution in [3.05, 3.63) is 65.7 Å². The van der Waals surface area contributed by atoms with Gasteiger partial charge in [0, 0.05) is 11.4 Å². The number of nitrogens with one attached hydrogen (secondary N) is 1. The van der Waals surface area contributed by atoms with E-state index >= 15 is 0 Å². The number of methoxy groups -OCH3 is 1. The van der Waals surface area contributed by atoms with Crippen LogP contribution in [-0.4, -0.2) is 22.5 Å². The van der Waals surface area contributed by atoms with Crippen LogP contribution in [0.25, 0.3) is 0 Å². The number of hydrogen-bond acceptors (Lipinski definition) is 4. The molecular weight excluding hydrogens is 346 g/mol. The number of ether oxygens (including phenoxy) is 2. The van der Waals surface area contributed by atoms with E-state index in [9.17, 15) is 4.55 Å². The second-order valence-corrected chi connectivity index (χ2v) is 9.25. The Balaban J connectivity index is 2.18. The van der Waals surface area contributed by atoms with Crippen molar-refractivity contribution in [2.45, 2.75) is 51.2 Å². The fourth-order valence-corrected chi connectivity index (χ4v) is 3.37. The van der Waals surface area contributed by atoms with E-state index in [1.165, 1.54) is 0 Å². The highest BCUT2D eigenvalue weighted by molar-refractivity contribution is 7.90. The largest absolute Gasteiger partial charge is 0.598 e. The molecule has 0 aliphatic rings. The van der Waals surface area contributed by atoms with Gasteiger partial charge in [0.05, 0.1) is 19.8 Å². The molecule has 0 spiro atoms. The Morgan fingerprint density at radius 2 is 1.77 bits per heavy atom. The fourth-order valence-electron chi connectivity index (χ4n) is 2.46. The molecule has 2 unspecified atom stereocenters. The van der Waals surface area contributed by atoms with E-state index in [0.29, 0.717) is 6.61 Å². The van der Waals surface area contributed by atoms with Crippen molar-refractivity contribution in [3.8, 4) is 5.75 Å². The van der Waals surface area contributed by atoms with Gasteiger partial charge < -0.3 is 14.0 Å². The normalized spacial score (nSPS) is 15.3. The molecule has 0 radical (unpaired) electrons. The summed E-state index contributed by atoms with van der Waals surface area (Å²) < 4.78 is 27.0. The van der Waals surface area contributed by atoms with E-state index in [-0.39, 0.29) is 16.9 Å². The Kier molecular flexibility index (Phi) is 7.53. The van der Waals surface area contributed by atoms with Crippen LogP contribution >= 0.6 is 0 Å². The van der Waals surface area contributed by atoms with Crippen molar-refractivity contribution in [2.24, 2.45) is 0 Å². The van der Waals surface area contributed by atoms with Gasteiger partial charge >= 0.3 is 0 Å². The minimum Gasteiger partial charge on any atom is -0.598 e. The van der Waals surface area contributed by atoms with Crippen LogP contribution in [0.3, 0.4) is 0 Å². The number of hydrogen-bond donors (Lipinski definition) is 1. The first kappa shape index (κ1) is 20.8. The molecule has 3 atom stereocenters. The summed E-state index contributed by atoms with van der Waals surface area (Å²) in [5.41, 5.74) is 2.10. The smallest absolute Gasteiger partial charge is 0.136 e. The van der Waals surface area contributed by atoms with Gasteiger partial charge in [-0.1, -0.05) is 42.5 Å². The second-order valence-electron chi connectivity index (χ2n) is 7.25. The van der Waals surface area contributed by atoms with Crippen LogP contribution in [0.15, 0.2) is 54.6 Å². The van der Waals surface area contributed by atoms with Crippen molar-refractivity contribution in [1.82, 2.24) is 4.72 Å². The van der Waals surface area contributed by atoms with Gasteiger partial charge in [-0.3, -0.25) is 0 Å². The molecule has 0 aromatic heterocycles. The van der Waals surface area contributed by atoms with Crippen LogP contribution in [-0.2, 0) is 22.7 Å². The lowest BCUT2D eigenvalue weighted by Gasteiger charge is -2.31. The summed E-state index contributed by atoms with van der Waals surface area (Å²) in [6, 6.07) is 17.6. The van der Waals surface area contributed by atoms with E-state index < -0.39 is 11.4 Å². The van der Waals surface area contributed by atoms with Crippen LogP contribution in [0.2, 0.25) is 0 Å². The van der Waals surface area contributed by atoms with Crippen molar-refractivity contribution in [1.29, 1.82) is 0 Å². The molecule has 0 heterocycles. The van der Waals surface area contributed by atoms with Crippen LogP contribution in [0.1, 0.15) is 44.9 Å². The van der Waals surface area contributed by atoms with Gasteiger partial charge in [-0.15, -0.1) is 4.72 Å². The van der Waals surface area contributed by atoms with Gasteiger partial charge in [0.15, 0.2) is 0 Å². The molecule has 0 aliphatic heterocycles. The van der Waals surface area contributed by atoms with E-state index in [1.807, 2.05) is 82.3 Å². The average Bonchev–Trinajstić information content (AvgIpc) is 2.64. The lowest BCUT2D eigenvalue weighted by Crippen LogP contribution is -2.44. The summed E-state index contributed by atoms with van der Waals surface area (Å²) in [5.74, 6) is 0.770. The van der Waals surface area contributed by atoms with Crippen molar-refractivity contribution in [3.63, 3.8) is 0 Å². The van der Waals surface area contributed by atoms with Crippen molar-refractivity contribution in [2.75, 3.05) is 7.11 Å². The molecule has 4 nitrogen and oxygen atoms in total. The van der Waals surface area contributed by atoms with Crippen LogP contribution in [0, 0.1) is 0 Å². The SMILES string of the molecule is COc1cccc(C(N[S@@+]([O-])C(C)(C)C)C(C)OCc2ccccc2)c1. The average molecular weight is 376 g/mol. The van der Waals surface area contributed by atoms with Gasteiger partial charge in [0.1, 0.15) is 16.5 Å². The maximum atomic E-state index is 12.7. The van der Waals surface area contributed by atoms with Crippen LogP contribution in [0.4, 0.5) is 0 Å². The summed E-state index contributed by atoms with van der Waals surface area (Å²) in [6.07, 6.45) is -0.173. The van der Waals surface area contributed by atoms with E-state index in [0.717, 1.165) is 16.9 Å². The molecule has 2 aromatic carbocycles. The first-order chi connectivity index (χ1) is 12.3. The molecule has 26 heavy (non-hydrogen) atoms. The molecule has 5 heteroatoms. The van der Waals surface area contributed by atoms with E-state index in [2.05, 4.69) is 4.72 Å². The third kappa shape index (κ3) is 6.02. The fraction of sp³-hybridized carbons (Fsp3) is 0.429. The lowest BCUT2D eigenvalue weighted by molar-refractivity contribution is 0.0317. The molecule has 0 saturated carbocycles. The lowest BCUT2D eigenvalue weighted by atomic mass is 10.0. The predicted molar refractivity (Wildman–Crippen MR) is 107 cm³/mol. The topological polar surface area (TPSA) is 53.5 Å². The highest BCUT2D eigenvalue weighted by Crippen LogP contribution is 2.27. The zero-order chi connectivity index (χ0) is 19.2. The molecule has 2 aromatic rings. The van der Waals surface area contributed by atoms with Crippen molar-refractivity contribution >= 4 is 11.4 Å². The highest BCUT2D eigenvalue weighted by Gasteiger charge is 2.32. The van der Waals surface area contributed by atoms with Gasteiger partial charge in [-0.2, -0.15) is 0 Å². The van der Waals surface area contributed by atoms with Crippen LogP contribution < -0.4 is 9.46 Å². The Bertz CT molecular complexity index is 672. The molecule has 0 bridgehead atoms. The Hall–Kier alpha value is -1.53. The second kappa shape index (κ2) is 9.42. The molecular formula is C21H29NO3S. The molecule has 0 aliphatic carbocycles. The first-order valence-corrected chi connectivity index (χ1v) is 9.94. The van der Waals surface area contributed by atoms with Crippen molar-refractivity contribution < 1.29 is 14.0 Å². The molecule has 1 N–H and O–H groups in total. The molecule has 0 fully saturated rings. The number of benzene rings is 2. The third-order valence-electron chi connectivity index (χ3n) is 4.07. The molecule has 142 valence electrons. The zero-order valence-corrected chi connectivity index (χ0v) is 17.0. The van der Waals surface area contributed by atoms with E-state index in [4.69, 9.17) is 9.47 Å². The maximum absolute atomic E-state index is 12.7. The summed E-state index contributed by atoms with van der Waals surface area (Å²) in [5, 5.41) is 0. The minimum atomic E-state index is -1.22. The van der Waals surface area contributed by atoms with Gasteiger partial charge in [-0.25, -0.2) is 0 Å². The Morgan fingerprint density at radius 1 is 1.08 bits per heavy atom. The maximum Gasteiger partial charge on any atom is 0.136 e. The highest BCUT2D eigenvalue weighted by atomic mass is 32.2. The van der Waals surface area contributed by atoms with Crippen LogP contribution in [0.5, 0.6) is 5.75 Å². The Labute approximate surface area is 160 Å². The molecule has 2 rings (SSSR count). The number of rotatable bonds is 8. The van der Waals surface area contributed by atoms with E-state index in [1.54, 1.807) is 7.11 Å². The summed E-state index contributed by atoms with van der Waals surface area (Å²) in [6.45, 7) is 8.36. The predicted octanol–water partition coefficient (Wildman–Crippen LogP) is 4.39. The monoisotopic (exact) mass is 375 g/mol. The Morgan fingerprint density at radius 3 is 2.38 bits per heavy atom. The minimum absolute atomic E-state index is 0.173. The first-order valence-electron chi connectivity index (χ1n) is 8.79. The standard InChI is InChI=1S/C21H29NO3S/c1-16(25-15-17-10-7-6-8-11-17)20(22-26(23)21(2,3)4)18-12-9-13-19(14-18)24-5/h6-14,16,20,22H,15H2,1-5H3/t16?,20?,26-/m0/s1. The summed E-state index contributed by atoms with van der Waals surface area (Å²) >= 11 is -1.22. The van der Waals surface area contributed by atoms with Gasteiger partial charge in [0.2, 0.25) is 0 Å². The summed E-state index contributed by atoms with van der Waals surface area (Å²) in [4.78, 5) is 0. The molecule has 0 amide bonds. The quantitative estimate of drug-likeness (QED) is 0.695.